The molecule has 33 heavy (non-hydrogen) atoms. The van der Waals surface area contributed by atoms with E-state index >= 15 is 0 Å². The fourth-order valence-electron chi connectivity index (χ4n) is 3.77. The minimum absolute atomic E-state index is 0.118. The van der Waals surface area contributed by atoms with Crippen LogP contribution in [0.3, 0.4) is 0 Å². The van der Waals surface area contributed by atoms with Crippen LogP contribution in [0.25, 0.3) is 0 Å². The third kappa shape index (κ3) is 5.74. The van der Waals surface area contributed by atoms with Gasteiger partial charge in [-0.25, -0.2) is 4.98 Å². The maximum atomic E-state index is 12.6. The summed E-state index contributed by atoms with van der Waals surface area (Å²) in [6, 6.07) is 9.24. The van der Waals surface area contributed by atoms with Crippen molar-refractivity contribution in [3.05, 3.63) is 65.7 Å². The van der Waals surface area contributed by atoms with Crippen molar-refractivity contribution in [2.24, 2.45) is 0 Å². The summed E-state index contributed by atoms with van der Waals surface area (Å²) in [6.07, 6.45) is 7.71. The van der Waals surface area contributed by atoms with E-state index in [1.807, 2.05) is 24.3 Å². The van der Waals surface area contributed by atoms with Crippen LogP contribution >= 0.6 is 0 Å². The Hall–Kier alpha value is -3.75. The molecule has 0 bridgehead atoms. The highest BCUT2D eigenvalue weighted by molar-refractivity contribution is 5.92. The molecule has 1 amide bonds. The molecular weight excluding hydrogens is 420 g/mol. The van der Waals surface area contributed by atoms with E-state index in [0.717, 1.165) is 55.0 Å². The highest BCUT2D eigenvalue weighted by atomic mass is 16.5. The summed E-state index contributed by atoms with van der Waals surface area (Å²) in [5.74, 6) is 1.91. The average molecular weight is 449 g/mol. The second-order valence-corrected chi connectivity index (χ2v) is 7.81. The predicted octanol–water partition coefficient (Wildman–Crippen LogP) is 2.82. The third-order valence-electron chi connectivity index (χ3n) is 5.63. The Morgan fingerprint density at radius 3 is 2.61 bits per heavy atom. The molecule has 1 N–H and O–H groups in total. The van der Waals surface area contributed by atoms with Crippen LogP contribution in [0, 0.1) is 0 Å². The number of pyridine rings is 2. The molecule has 0 unspecified atom stereocenters. The monoisotopic (exact) mass is 448 g/mol. The summed E-state index contributed by atoms with van der Waals surface area (Å²) in [4.78, 5) is 23.0. The molecular formula is C24H28N6O3. The first-order valence-corrected chi connectivity index (χ1v) is 11.1. The molecule has 0 spiro atoms. The van der Waals surface area contributed by atoms with Crippen molar-refractivity contribution >= 4 is 11.7 Å². The number of nitrogens with zero attached hydrogens (tertiary/aromatic N) is 5. The molecule has 0 atom stereocenters. The van der Waals surface area contributed by atoms with E-state index in [2.05, 4.69) is 37.3 Å². The fraction of sp³-hybridized carbons (Fsp3) is 0.375. The van der Waals surface area contributed by atoms with Crippen molar-refractivity contribution in [1.82, 2.24) is 25.5 Å². The molecule has 9 nitrogen and oxygen atoms in total. The maximum absolute atomic E-state index is 12.6. The molecule has 1 aliphatic heterocycles. The summed E-state index contributed by atoms with van der Waals surface area (Å²) in [6.45, 7) is 4.10. The van der Waals surface area contributed by atoms with Crippen molar-refractivity contribution in [3.63, 3.8) is 0 Å². The molecule has 1 fully saturated rings. The van der Waals surface area contributed by atoms with Crippen LogP contribution in [0.1, 0.15) is 41.4 Å². The Labute approximate surface area is 193 Å². The molecule has 3 aromatic rings. The number of nitrogens with one attached hydrogen (secondary N) is 1. The number of carbonyl (C=O) groups is 1. The van der Waals surface area contributed by atoms with Crippen molar-refractivity contribution < 1.29 is 14.3 Å². The second kappa shape index (κ2) is 10.7. The lowest BCUT2D eigenvalue weighted by molar-refractivity contribution is 0.0944. The lowest BCUT2D eigenvalue weighted by atomic mass is 10.1. The lowest BCUT2D eigenvalue weighted by Gasteiger charge is -2.33. The van der Waals surface area contributed by atoms with Gasteiger partial charge in [-0.05, 0) is 41.8 Å². The standard InChI is InChI=1S/C24H28N6O3/c1-3-18-14-21(24(31)27-15-17-6-10-25-11-7-17)28-29-23(18)30-12-8-19(9-13-30)33-20-4-5-22(32-2)26-16-20/h4-7,10-11,14,16,19H,3,8-9,12-13,15H2,1-2H3,(H,27,31). The van der Waals surface area contributed by atoms with Crippen molar-refractivity contribution in [1.29, 1.82) is 0 Å². The van der Waals surface area contributed by atoms with Gasteiger partial charge in [0, 0.05) is 50.9 Å². The number of aryl methyl sites for hydroxylation is 1. The molecule has 172 valence electrons. The Balaban J connectivity index is 1.34. The Morgan fingerprint density at radius 1 is 1.15 bits per heavy atom. The van der Waals surface area contributed by atoms with E-state index in [4.69, 9.17) is 9.47 Å². The number of anilines is 1. The first-order valence-electron chi connectivity index (χ1n) is 11.1. The van der Waals surface area contributed by atoms with Crippen LogP contribution in [0.4, 0.5) is 5.82 Å². The molecule has 3 aromatic heterocycles. The Kier molecular flexibility index (Phi) is 7.29. The highest BCUT2D eigenvalue weighted by Crippen LogP contribution is 2.25. The quantitative estimate of drug-likeness (QED) is 0.561. The molecule has 9 heteroatoms. The van der Waals surface area contributed by atoms with Gasteiger partial charge in [-0.15, -0.1) is 10.2 Å². The number of carbonyl (C=O) groups excluding carboxylic acids is 1. The van der Waals surface area contributed by atoms with E-state index in [9.17, 15) is 4.79 Å². The van der Waals surface area contributed by atoms with Gasteiger partial charge in [0.2, 0.25) is 5.88 Å². The number of hydrogen-bond donors (Lipinski definition) is 1. The van der Waals surface area contributed by atoms with Gasteiger partial charge >= 0.3 is 0 Å². The fourth-order valence-corrected chi connectivity index (χ4v) is 3.77. The number of ether oxygens (including phenoxy) is 2. The Bertz CT molecular complexity index is 1050. The topological polar surface area (TPSA) is 102 Å². The van der Waals surface area contributed by atoms with Gasteiger partial charge in [0.25, 0.3) is 5.91 Å². The van der Waals surface area contributed by atoms with Crippen LogP contribution in [0.2, 0.25) is 0 Å². The van der Waals surface area contributed by atoms with Crippen LogP contribution in [-0.2, 0) is 13.0 Å². The van der Waals surface area contributed by atoms with E-state index < -0.39 is 0 Å². The predicted molar refractivity (Wildman–Crippen MR) is 123 cm³/mol. The number of piperidine rings is 1. The maximum Gasteiger partial charge on any atom is 0.272 e. The van der Waals surface area contributed by atoms with Crippen LogP contribution in [0.5, 0.6) is 11.6 Å². The molecule has 0 radical (unpaired) electrons. The Morgan fingerprint density at radius 2 is 1.94 bits per heavy atom. The number of aromatic nitrogens is 4. The first-order chi connectivity index (χ1) is 16.2. The van der Waals surface area contributed by atoms with E-state index in [1.165, 1.54) is 0 Å². The zero-order chi connectivity index (χ0) is 23.0. The van der Waals surface area contributed by atoms with Crippen LogP contribution < -0.4 is 19.7 Å². The van der Waals surface area contributed by atoms with E-state index in [-0.39, 0.29) is 12.0 Å². The molecule has 4 rings (SSSR count). The highest BCUT2D eigenvalue weighted by Gasteiger charge is 2.24. The summed E-state index contributed by atoms with van der Waals surface area (Å²) < 4.78 is 11.2. The minimum atomic E-state index is -0.235. The third-order valence-corrected chi connectivity index (χ3v) is 5.63. The van der Waals surface area contributed by atoms with Gasteiger partial charge in [-0.3, -0.25) is 9.78 Å². The summed E-state index contributed by atoms with van der Waals surface area (Å²) in [5.41, 5.74) is 2.32. The smallest absolute Gasteiger partial charge is 0.272 e. The number of methoxy groups -OCH3 is 1. The van der Waals surface area contributed by atoms with Crippen molar-refractivity contribution in [3.8, 4) is 11.6 Å². The van der Waals surface area contributed by atoms with Gasteiger partial charge in [0.1, 0.15) is 11.9 Å². The number of amides is 1. The average Bonchev–Trinajstić information content (AvgIpc) is 2.88. The van der Waals surface area contributed by atoms with Crippen molar-refractivity contribution in [2.75, 3.05) is 25.1 Å². The second-order valence-electron chi connectivity index (χ2n) is 7.81. The van der Waals surface area contributed by atoms with Gasteiger partial charge in [0.15, 0.2) is 11.5 Å². The van der Waals surface area contributed by atoms with E-state index in [1.54, 1.807) is 31.8 Å². The largest absolute Gasteiger partial charge is 0.489 e. The van der Waals surface area contributed by atoms with Gasteiger partial charge in [-0.2, -0.15) is 0 Å². The molecule has 0 aliphatic carbocycles. The zero-order valence-electron chi connectivity index (χ0n) is 18.9. The lowest BCUT2D eigenvalue weighted by Crippen LogP contribution is -2.39. The van der Waals surface area contributed by atoms with Gasteiger partial charge < -0.3 is 19.7 Å². The van der Waals surface area contributed by atoms with Crippen LogP contribution in [0.15, 0.2) is 48.9 Å². The van der Waals surface area contributed by atoms with E-state index in [0.29, 0.717) is 18.1 Å². The van der Waals surface area contributed by atoms with Crippen molar-refractivity contribution in [2.45, 2.75) is 38.8 Å². The molecule has 4 heterocycles. The number of hydrogen-bond acceptors (Lipinski definition) is 8. The van der Waals surface area contributed by atoms with Crippen LogP contribution in [-0.4, -0.2) is 52.4 Å². The zero-order valence-corrected chi connectivity index (χ0v) is 18.9. The molecule has 1 saturated heterocycles. The SMILES string of the molecule is CCc1cc(C(=O)NCc2ccncc2)nnc1N1CCC(Oc2ccc(OC)nc2)CC1. The normalized spacial score (nSPS) is 14.1. The van der Waals surface area contributed by atoms with Gasteiger partial charge in [-0.1, -0.05) is 6.92 Å². The first kappa shape index (κ1) is 22.4. The minimum Gasteiger partial charge on any atom is -0.489 e. The number of rotatable bonds is 8. The molecule has 0 saturated carbocycles. The summed E-state index contributed by atoms with van der Waals surface area (Å²) >= 11 is 0. The summed E-state index contributed by atoms with van der Waals surface area (Å²) in [5, 5.41) is 11.5. The van der Waals surface area contributed by atoms with Gasteiger partial charge in [0.05, 0.1) is 13.3 Å². The summed E-state index contributed by atoms with van der Waals surface area (Å²) in [7, 11) is 1.59. The molecule has 0 aromatic carbocycles. The molecule has 1 aliphatic rings.